The topological polar surface area (TPSA) is 102 Å². The molecule has 7 nitrogen and oxygen atoms in total. The summed E-state index contributed by atoms with van der Waals surface area (Å²) in [6, 6.07) is 3.88. The highest BCUT2D eigenvalue weighted by atomic mass is 32.2. The average Bonchev–Trinajstić information content (AvgIpc) is 3.49. The SMILES string of the molecule is C[C@@]1(c2cc(NC(=O)c3cnc(OCC(F)(F)F)cn3)ccc2F)N=C(N)S[C@@]2(CF)C[C@H]21. The maximum absolute atomic E-state index is 14.8. The number of aromatic nitrogens is 2. The lowest BCUT2D eigenvalue weighted by Gasteiger charge is -2.33. The standard InChI is InChI=1S/C20H18F5N5O2S/c1-18(14-5-19(14,8-21)33-17(26)30-18)11-4-10(2-3-12(11)22)29-16(31)13-6-28-15(7-27-13)32-9-20(23,24)25/h2-4,6-7,14H,5,8-9H2,1H3,(H2,26,30)(H,29,31)/t14-,18-,19+/m0/s1. The van der Waals surface area contributed by atoms with Crippen LogP contribution in [0, 0.1) is 11.7 Å². The maximum Gasteiger partial charge on any atom is 0.422 e. The maximum atomic E-state index is 14.8. The molecule has 3 atom stereocenters. The van der Waals surface area contributed by atoms with Crippen LogP contribution >= 0.6 is 11.8 Å². The van der Waals surface area contributed by atoms with Crippen LogP contribution in [0.5, 0.6) is 5.88 Å². The van der Waals surface area contributed by atoms with Crippen molar-refractivity contribution in [1.82, 2.24) is 9.97 Å². The van der Waals surface area contributed by atoms with E-state index in [9.17, 15) is 26.7 Å². The lowest BCUT2D eigenvalue weighted by molar-refractivity contribution is -0.154. The monoisotopic (exact) mass is 487 g/mol. The molecule has 1 aliphatic heterocycles. The van der Waals surface area contributed by atoms with Gasteiger partial charge in [-0.25, -0.2) is 18.7 Å². The van der Waals surface area contributed by atoms with Crippen molar-refractivity contribution in [1.29, 1.82) is 0 Å². The molecular weight excluding hydrogens is 469 g/mol. The lowest BCUT2D eigenvalue weighted by atomic mass is 9.85. The Morgan fingerprint density at radius 1 is 1.33 bits per heavy atom. The van der Waals surface area contributed by atoms with Crippen molar-refractivity contribution in [2.45, 2.75) is 29.8 Å². The highest BCUT2D eigenvalue weighted by molar-refractivity contribution is 8.15. The number of amides is 1. The highest BCUT2D eigenvalue weighted by Gasteiger charge is 2.66. The van der Waals surface area contributed by atoms with Crippen molar-refractivity contribution in [2.24, 2.45) is 16.6 Å². The summed E-state index contributed by atoms with van der Waals surface area (Å²) in [4.78, 5) is 24.3. The van der Waals surface area contributed by atoms with Gasteiger partial charge in [-0.1, -0.05) is 11.8 Å². The minimum absolute atomic E-state index is 0.158. The molecule has 0 unspecified atom stereocenters. The summed E-state index contributed by atoms with van der Waals surface area (Å²) >= 11 is 1.16. The van der Waals surface area contributed by atoms with Gasteiger partial charge in [-0.2, -0.15) is 13.2 Å². The Morgan fingerprint density at radius 2 is 2.09 bits per heavy atom. The van der Waals surface area contributed by atoms with Gasteiger partial charge in [-0.3, -0.25) is 9.79 Å². The summed E-state index contributed by atoms with van der Waals surface area (Å²) < 4.78 is 68.8. The van der Waals surface area contributed by atoms with E-state index in [1.165, 1.54) is 12.1 Å². The first-order chi connectivity index (χ1) is 15.5. The van der Waals surface area contributed by atoms with E-state index in [-0.39, 0.29) is 28.0 Å². The molecule has 1 saturated carbocycles. The van der Waals surface area contributed by atoms with Gasteiger partial charge in [-0.05, 0) is 31.5 Å². The second-order valence-electron chi connectivity index (χ2n) is 7.95. The number of hydrogen-bond donors (Lipinski definition) is 2. The largest absolute Gasteiger partial charge is 0.467 e. The number of benzene rings is 1. The van der Waals surface area contributed by atoms with Crippen molar-refractivity contribution < 1.29 is 31.5 Å². The van der Waals surface area contributed by atoms with Gasteiger partial charge >= 0.3 is 6.18 Å². The second kappa shape index (κ2) is 8.12. The third-order valence-electron chi connectivity index (χ3n) is 5.59. The number of thioether (sulfide) groups is 1. The van der Waals surface area contributed by atoms with Crippen molar-refractivity contribution in [3.8, 4) is 5.88 Å². The molecule has 3 N–H and O–H groups in total. The number of nitrogens with zero attached hydrogens (tertiary/aromatic N) is 3. The fourth-order valence-corrected chi connectivity index (χ4v) is 5.25. The first-order valence-electron chi connectivity index (χ1n) is 9.69. The molecule has 1 aromatic heterocycles. The molecule has 0 radical (unpaired) electrons. The van der Waals surface area contributed by atoms with E-state index in [1.54, 1.807) is 6.92 Å². The van der Waals surface area contributed by atoms with E-state index in [2.05, 4.69) is 25.0 Å². The summed E-state index contributed by atoms with van der Waals surface area (Å²) in [5.74, 6) is -1.96. The Balaban J connectivity index is 1.52. The first-order valence-corrected chi connectivity index (χ1v) is 10.5. The Bertz CT molecular complexity index is 1110. The van der Waals surface area contributed by atoms with Crippen LogP contribution in [0.25, 0.3) is 0 Å². The fraction of sp³-hybridized carbons (Fsp3) is 0.400. The number of amidine groups is 1. The van der Waals surface area contributed by atoms with Crippen LogP contribution < -0.4 is 15.8 Å². The molecular formula is C20H18F5N5O2S. The summed E-state index contributed by atoms with van der Waals surface area (Å²) in [5.41, 5.74) is 4.97. The molecule has 13 heteroatoms. The highest BCUT2D eigenvalue weighted by Crippen LogP contribution is 2.66. The fourth-order valence-electron chi connectivity index (χ4n) is 3.92. The smallest absolute Gasteiger partial charge is 0.422 e. The number of nitrogens with two attached hydrogens (primary N) is 1. The second-order valence-corrected chi connectivity index (χ2v) is 9.38. The molecule has 33 heavy (non-hydrogen) atoms. The molecule has 1 amide bonds. The number of carbonyl (C=O) groups is 1. The zero-order valence-corrected chi connectivity index (χ0v) is 17.9. The minimum Gasteiger partial charge on any atom is -0.467 e. The van der Waals surface area contributed by atoms with E-state index in [4.69, 9.17) is 5.73 Å². The van der Waals surface area contributed by atoms with Crippen LogP contribution in [0.2, 0.25) is 0 Å². The van der Waals surface area contributed by atoms with Crippen LogP contribution in [0.3, 0.4) is 0 Å². The van der Waals surface area contributed by atoms with E-state index >= 15 is 0 Å². The molecule has 0 saturated heterocycles. The molecule has 4 rings (SSSR count). The number of halogens is 5. The van der Waals surface area contributed by atoms with Crippen LogP contribution in [0.1, 0.15) is 29.4 Å². The predicted octanol–water partition coefficient (Wildman–Crippen LogP) is 3.81. The van der Waals surface area contributed by atoms with Crippen LogP contribution in [-0.4, -0.2) is 45.2 Å². The Hall–Kier alpha value is -2.96. The van der Waals surface area contributed by atoms with Crippen molar-refractivity contribution in [3.63, 3.8) is 0 Å². The van der Waals surface area contributed by atoms with Crippen molar-refractivity contribution >= 4 is 28.5 Å². The molecule has 1 aliphatic carbocycles. The lowest BCUT2D eigenvalue weighted by Crippen LogP contribution is -2.36. The van der Waals surface area contributed by atoms with Gasteiger partial charge in [-0.15, -0.1) is 0 Å². The molecule has 0 spiro atoms. The number of alkyl halides is 4. The van der Waals surface area contributed by atoms with Gasteiger partial charge in [0, 0.05) is 17.2 Å². The summed E-state index contributed by atoms with van der Waals surface area (Å²) in [5, 5.41) is 2.70. The van der Waals surface area contributed by atoms with E-state index in [0.29, 0.717) is 6.42 Å². The number of rotatable bonds is 6. The van der Waals surface area contributed by atoms with Crippen molar-refractivity contribution in [2.75, 3.05) is 18.6 Å². The normalized spacial score (nSPS) is 26.2. The number of anilines is 1. The molecule has 1 aromatic carbocycles. The molecule has 1 fully saturated rings. The molecule has 0 bridgehead atoms. The molecule has 2 heterocycles. The van der Waals surface area contributed by atoms with Crippen LogP contribution in [0.15, 0.2) is 35.6 Å². The first kappa shape index (κ1) is 23.2. The number of nitrogens with one attached hydrogen (secondary N) is 1. The zero-order chi connectivity index (χ0) is 24.0. The van der Waals surface area contributed by atoms with E-state index in [0.717, 1.165) is 30.2 Å². The third kappa shape index (κ3) is 4.59. The quantitative estimate of drug-likeness (QED) is 0.601. The number of carbonyl (C=O) groups excluding carboxylic acids is 1. The van der Waals surface area contributed by atoms with Gasteiger partial charge in [0.1, 0.15) is 18.2 Å². The Labute approximate surface area is 189 Å². The Kier molecular flexibility index (Phi) is 5.71. The molecule has 176 valence electrons. The van der Waals surface area contributed by atoms with Crippen molar-refractivity contribution in [3.05, 3.63) is 47.7 Å². The minimum atomic E-state index is -4.54. The van der Waals surface area contributed by atoms with Crippen LogP contribution in [0.4, 0.5) is 27.6 Å². The summed E-state index contributed by atoms with van der Waals surface area (Å²) in [6.07, 6.45) is -2.21. The zero-order valence-electron chi connectivity index (χ0n) is 17.1. The van der Waals surface area contributed by atoms with Gasteiger partial charge < -0.3 is 15.8 Å². The number of hydrogen-bond acceptors (Lipinski definition) is 7. The van der Waals surface area contributed by atoms with E-state index < -0.39 is 47.3 Å². The summed E-state index contributed by atoms with van der Waals surface area (Å²) in [6.45, 7) is -0.481. The van der Waals surface area contributed by atoms with E-state index in [1.807, 2.05) is 0 Å². The average molecular weight is 487 g/mol. The predicted molar refractivity (Wildman–Crippen MR) is 111 cm³/mol. The van der Waals surface area contributed by atoms with Gasteiger partial charge in [0.05, 0.1) is 22.7 Å². The van der Waals surface area contributed by atoms with Crippen LogP contribution in [-0.2, 0) is 5.54 Å². The Morgan fingerprint density at radius 3 is 2.73 bits per heavy atom. The molecule has 2 aliphatic rings. The third-order valence-corrected chi connectivity index (χ3v) is 6.86. The summed E-state index contributed by atoms with van der Waals surface area (Å²) in [7, 11) is 0. The van der Waals surface area contributed by atoms with Gasteiger partial charge in [0.25, 0.3) is 5.91 Å². The van der Waals surface area contributed by atoms with Gasteiger partial charge in [0.2, 0.25) is 5.88 Å². The number of fused-ring (bicyclic) bond motifs is 1. The number of aliphatic imine (C=N–C) groups is 1. The number of ether oxygens (including phenoxy) is 1. The van der Waals surface area contributed by atoms with Gasteiger partial charge in [0.15, 0.2) is 11.8 Å². The molecule has 2 aromatic rings.